The van der Waals surface area contributed by atoms with Gasteiger partial charge in [-0.1, -0.05) is 6.07 Å². The molecule has 4 nitrogen and oxygen atoms in total. The fourth-order valence-electron chi connectivity index (χ4n) is 3.44. The highest BCUT2D eigenvalue weighted by Crippen LogP contribution is 2.38. The molecule has 1 aromatic rings. The molecule has 2 aliphatic rings. The average molecular weight is 273 g/mol. The van der Waals surface area contributed by atoms with Gasteiger partial charge in [0, 0.05) is 38.1 Å². The van der Waals surface area contributed by atoms with Crippen molar-refractivity contribution in [3.8, 4) is 0 Å². The molecule has 0 aromatic heterocycles. The summed E-state index contributed by atoms with van der Waals surface area (Å²) in [5.41, 5.74) is 3.73. The molecular formula is C16H23N3O. The molecule has 0 spiro atoms. The van der Waals surface area contributed by atoms with Gasteiger partial charge in [-0.15, -0.1) is 0 Å². The molecule has 0 saturated carbocycles. The lowest BCUT2D eigenvalue weighted by molar-refractivity contribution is -0.128. The van der Waals surface area contributed by atoms with E-state index in [2.05, 4.69) is 40.7 Å². The summed E-state index contributed by atoms with van der Waals surface area (Å²) in [5.74, 6) is 0.155. The van der Waals surface area contributed by atoms with Crippen molar-refractivity contribution in [2.75, 3.05) is 36.9 Å². The summed E-state index contributed by atoms with van der Waals surface area (Å²) in [6, 6.07) is 6.47. The Morgan fingerprint density at radius 1 is 1.45 bits per heavy atom. The van der Waals surface area contributed by atoms with Gasteiger partial charge in [0.2, 0.25) is 5.91 Å². The zero-order valence-electron chi connectivity index (χ0n) is 12.3. The van der Waals surface area contributed by atoms with E-state index in [-0.39, 0.29) is 11.3 Å². The fourth-order valence-corrected chi connectivity index (χ4v) is 3.44. The van der Waals surface area contributed by atoms with Crippen molar-refractivity contribution in [1.29, 1.82) is 0 Å². The fraction of sp³-hybridized carbons (Fsp3) is 0.562. The van der Waals surface area contributed by atoms with E-state index >= 15 is 0 Å². The quantitative estimate of drug-likeness (QED) is 0.866. The van der Waals surface area contributed by atoms with Gasteiger partial charge in [0.25, 0.3) is 0 Å². The molecule has 0 aliphatic carbocycles. The number of carbonyl (C=O) groups excluding carboxylic acids is 1. The Kier molecular flexibility index (Phi) is 3.32. The molecule has 1 unspecified atom stereocenters. The Morgan fingerprint density at radius 3 is 3.10 bits per heavy atom. The lowest BCUT2D eigenvalue weighted by Gasteiger charge is -2.28. The van der Waals surface area contributed by atoms with Gasteiger partial charge in [0.1, 0.15) is 0 Å². The predicted octanol–water partition coefficient (Wildman–Crippen LogP) is 2.01. The highest BCUT2D eigenvalue weighted by molar-refractivity contribution is 5.84. The summed E-state index contributed by atoms with van der Waals surface area (Å²) in [6.07, 6.45) is 3.24. The number of fused-ring (bicyclic) bond motifs is 1. The summed E-state index contributed by atoms with van der Waals surface area (Å²) in [4.78, 5) is 14.4. The Balaban J connectivity index is 1.87. The van der Waals surface area contributed by atoms with Crippen LogP contribution in [0.2, 0.25) is 0 Å². The third kappa shape index (κ3) is 2.13. The van der Waals surface area contributed by atoms with Crippen LogP contribution >= 0.6 is 0 Å². The van der Waals surface area contributed by atoms with Crippen molar-refractivity contribution in [3.63, 3.8) is 0 Å². The van der Waals surface area contributed by atoms with Crippen LogP contribution in [0.5, 0.6) is 0 Å². The van der Waals surface area contributed by atoms with Crippen LogP contribution in [0.4, 0.5) is 11.4 Å². The molecule has 1 aromatic carbocycles. The molecule has 1 amide bonds. The molecule has 3 rings (SSSR count). The van der Waals surface area contributed by atoms with E-state index in [1.54, 1.807) is 7.05 Å². The molecule has 2 N–H and O–H groups in total. The molecule has 1 fully saturated rings. The van der Waals surface area contributed by atoms with Crippen molar-refractivity contribution in [2.45, 2.75) is 26.2 Å². The van der Waals surface area contributed by atoms with Gasteiger partial charge >= 0.3 is 0 Å². The molecule has 2 heterocycles. The number of anilines is 2. The maximum Gasteiger partial charge on any atom is 0.227 e. The second-order valence-corrected chi connectivity index (χ2v) is 6.14. The minimum Gasteiger partial charge on any atom is -0.385 e. The second-order valence-electron chi connectivity index (χ2n) is 6.14. The molecule has 0 radical (unpaired) electrons. The highest BCUT2D eigenvalue weighted by Gasteiger charge is 2.40. The lowest BCUT2D eigenvalue weighted by atomic mass is 9.89. The summed E-state index contributed by atoms with van der Waals surface area (Å²) >= 11 is 0. The summed E-state index contributed by atoms with van der Waals surface area (Å²) in [7, 11) is 1.73. The largest absolute Gasteiger partial charge is 0.385 e. The van der Waals surface area contributed by atoms with E-state index in [4.69, 9.17) is 0 Å². The Hall–Kier alpha value is -1.71. The topological polar surface area (TPSA) is 44.4 Å². The highest BCUT2D eigenvalue weighted by atomic mass is 16.2. The zero-order chi connectivity index (χ0) is 14.2. The Morgan fingerprint density at radius 2 is 2.30 bits per heavy atom. The number of nitrogens with zero attached hydrogens (tertiary/aromatic N) is 1. The first-order valence-electron chi connectivity index (χ1n) is 7.47. The number of benzene rings is 1. The molecule has 0 bridgehead atoms. The number of hydrogen-bond acceptors (Lipinski definition) is 3. The lowest BCUT2D eigenvalue weighted by Crippen LogP contribution is -2.39. The van der Waals surface area contributed by atoms with Crippen molar-refractivity contribution >= 4 is 17.3 Å². The third-order valence-electron chi connectivity index (χ3n) is 4.66. The van der Waals surface area contributed by atoms with E-state index in [1.807, 2.05) is 0 Å². The van der Waals surface area contributed by atoms with E-state index in [1.165, 1.54) is 23.4 Å². The van der Waals surface area contributed by atoms with Crippen molar-refractivity contribution in [1.82, 2.24) is 5.32 Å². The van der Waals surface area contributed by atoms with Crippen LogP contribution in [-0.4, -0.2) is 32.6 Å². The molecule has 1 saturated heterocycles. The van der Waals surface area contributed by atoms with Crippen molar-refractivity contribution < 1.29 is 4.79 Å². The molecule has 1 atom stereocenters. The molecule has 20 heavy (non-hydrogen) atoms. The summed E-state index contributed by atoms with van der Waals surface area (Å²) in [5, 5.41) is 6.28. The number of carbonyl (C=O) groups is 1. The number of amides is 1. The van der Waals surface area contributed by atoms with E-state index in [0.29, 0.717) is 0 Å². The third-order valence-corrected chi connectivity index (χ3v) is 4.66. The van der Waals surface area contributed by atoms with Gasteiger partial charge in [-0.05, 0) is 43.9 Å². The van der Waals surface area contributed by atoms with Gasteiger partial charge in [-0.25, -0.2) is 0 Å². The number of hydrogen-bond donors (Lipinski definition) is 2. The van der Waals surface area contributed by atoms with Crippen LogP contribution < -0.4 is 15.5 Å². The zero-order valence-corrected chi connectivity index (χ0v) is 12.3. The van der Waals surface area contributed by atoms with Crippen molar-refractivity contribution in [3.05, 3.63) is 23.8 Å². The molecular weight excluding hydrogens is 250 g/mol. The van der Waals surface area contributed by atoms with Crippen molar-refractivity contribution in [2.24, 2.45) is 5.41 Å². The first-order chi connectivity index (χ1) is 9.64. The number of rotatable bonds is 2. The van der Waals surface area contributed by atoms with Crippen LogP contribution in [0.1, 0.15) is 25.3 Å². The average Bonchev–Trinajstić information content (AvgIpc) is 2.89. The summed E-state index contributed by atoms with van der Waals surface area (Å²) < 4.78 is 0. The smallest absolute Gasteiger partial charge is 0.227 e. The number of nitrogens with one attached hydrogen (secondary N) is 2. The maximum absolute atomic E-state index is 12.1. The Bertz CT molecular complexity index is 528. The van der Waals surface area contributed by atoms with Crippen LogP contribution in [0.15, 0.2) is 18.2 Å². The van der Waals surface area contributed by atoms with Gasteiger partial charge in [-0.3, -0.25) is 4.79 Å². The maximum atomic E-state index is 12.1. The van der Waals surface area contributed by atoms with E-state index < -0.39 is 0 Å². The monoisotopic (exact) mass is 273 g/mol. The first kappa shape index (κ1) is 13.3. The first-order valence-corrected chi connectivity index (χ1v) is 7.47. The van der Waals surface area contributed by atoms with Gasteiger partial charge in [-0.2, -0.15) is 0 Å². The Labute approximate surface area is 120 Å². The van der Waals surface area contributed by atoms with Crippen LogP contribution in [0.25, 0.3) is 0 Å². The van der Waals surface area contributed by atoms with Gasteiger partial charge < -0.3 is 15.5 Å². The van der Waals surface area contributed by atoms with E-state index in [9.17, 15) is 4.79 Å². The standard InChI is InChI=1S/C16H23N3O/c1-16(15(20)17-2)8-10-19(11-16)14-7-3-6-13-12(14)5-4-9-18-13/h3,6-7,18H,4-5,8-11H2,1-2H3,(H,17,20). The minimum absolute atomic E-state index is 0.155. The SMILES string of the molecule is CNC(=O)C1(C)CCN(c2cccc3c2CCCN3)C1. The van der Waals surface area contributed by atoms with Crippen LogP contribution in [0.3, 0.4) is 0 Å². The normalized spacial score (nSPS) is 25.0. The summed E-state index contributed by atoms with van der Waals surface area (Å²) in [6.45, 7) is 4.90. The molecule has 108 valence electrons. The second kappa shape index (κ2) is 5.00. The molecule has 2 aliphatic heterocycles. The minimum atomic E-state index is -0.264. The van der Waals surface area contributed by atoms with E-state index in [0.717, 1.165) is 32.5 Å². The van der Waals surface area contributed by atoms with Gasteiger partial charge in [0.05, 0.1) is 5.41 Å². The predicted molar refractivity (Wildman–Crippen MR) is 82.3 cm³/mol. The van der Waals surface area contributed by atoms with Crippen LogP contribution in [0, 0.1) is 5.41 Å². The van der Waals surface area contributed by atoms with Crippen LogP contribution in [-0.2, 0) is 11.2 Å². The van der Waals surface area contributed by atoms with Gasteiger partial charge in [0.15, 0.2) is 0 Å². The molecule has 4 heteroatoms.